The molecule has 1 atom stereocenters. The second-order valence-corrected chi connectivity index (χ2v) is 19.9. The average Bonchev–Trinajstić information content (AvgIpc) is 4.32. The molecule has 1 aliphatic heterocycles. The minimum absolute atomic E-state index is 0.0508. The first-order valence-corrected chi connectivity index (χ1v) is 26.0. The van der Waals surface area contributed by atoms with Gasteiger partial charge in [0.2, 0.25) is 0 Å². The van der Waals surface area contributed by atoms with Crippen LogP contribution >= 0.6 is 0 Å². The quantitative estimate of drug-likeness (QED) is 0.136. The highest BCUT2D eigenvalue weighted by Gasteiger charge is 2.51. The number of aromatic nitrogens is 6. The summed E-state index contributed by atoms with van der Waals surface area (Å²) in [6.45, 7) is 2.35. The Balaban J connectivity index is 0.844. The molecule has 1 fully saturated rings. The maximum absolute atomic E-state index is 5.44. The molecule has 7 heteroatoms. The SMILES string of the molecule is CC12CC1=C(c1ccccc1)C(c1ccc(-c3nc(-c4ccc(-c5ccc(-c6ccccc6)cn5)cc4)nc(-c4ccc(-c5nc6ccccc6nc5-c5ccc(-c6ccccc6)cc5)cc4)n3)cc1)=Nc1ccccc12. The lowest BCUT2D eigenvalue weighted by molar-refractivity contribution is 0.824. The highest BCUT2D eigenvalue weighted by atomic mass is 15.0. The van der Waals surface area contributed by atoms with Gasteiger partial charge in [-0.15, -0.1) is 0 Å². The van der Waals surface area contributed by atoms with Crippen molar-refractivity contribution in [3.8, 4) is 90.2 Å². The highest BCUT2D eigenvalue weighted by molar-refractivity contribution is 6.34. The van der Waals surface area contributed by atoms with Gasteiger partial charge in [0.15, 0.2) is 17.5 Å². The van der Waals surface area contributed by atoms with Gasteiger partial charge in [-0.25, -0.2) is 29.9 Å². The Kier molecular flexibility index (Phi) is 11.2. The maximum Gasteiger partial charge on any atom is 0.164 e. The van der Waals surface area contributed by atoms with Crippen molar-refractivity contribution in [2.45, 2.75) is 18.8 Å². The first-order chi connectivity index (χ1) is 38.0. The standard InChI is InChI=1S/C70H47N7/c1-70-43-58(70)63(49-19-9-4-10-20-49)64(72-60-22-12-11-21-57(60)70)50-31-37-54(38-32-50)68-75-67(53-35-27-48(28-36-53)59-42-41-56(44-71-59)46-17-7-3-8-18-46)76-69(77-68)55-39-33-52(34-40-55)66-65(73-61-23-13-14-24-62(61)74-66)51-29-25-47(26-30-51)45-15-5-2-6-16-45/h2-42,44H,43H2,1H3. The third-order valence-corrected chi connectivity index (χ3v) is 15.0. The molecule has 4 heterocycles. The molecule has 1 unspecified atom stereocenters. The van der Waals surface area contributed by atoms with Crippen LogP contribution in [0.1, 0.15) is 30.0 Å². The molecule has 0 radical (unpaired) electrons. The number of pyridine rings is 1. The second-order valence-electron chi connectivity index (χ2n) is 19.9. The number of hydrogen-bond acceptors (Lipinski definition) is 7. The molecule has 0 spiro atoms. The first-order valence-electron chi connectivity index (χ1n) is 26.0. The summed E-state index contributed by atoms with van der Waals surface area (Å²) in [4.78, 5) is 36.3. The summed E-state index contributed by atoms with van der Waals surface area (Å²) in [5.41, 5.74) is 22.2. The summed E-state index contributed by atoms with van der Waals surface area (Å²) in [5, 5.41) is 0. The molecule has 3 aromatic heterocycles. The third-order valence-electron chi connectivity index (χ3n) is 15.0. The lowest BCUT2D eigenvalue weighted by Crippen LogP contribution is -2.06. The van der Waals surface area contributed by atoms with Crippen LogP contribution in [-0.2, 0) is 5.41 Å². The minimum atomic E-state index is -0.0508. The van der Waals surface area contributed by atoms with E-state index >= 15 is 0 Å². The zero-order chi connectivity index (χ0) is 51.3. The van der Waals surface area contributed by atoms with Gasteiger partial charge >= 0.3 is 0 Å². The fraction of sp³-hybridized carbons (Fsp3) is 0.0429. The summed E-state index contributed by atoms with van der Waals surface area (Å²) < 4.78 is 0. The van der Waals surface area contributed by atoms with Crippen LogP contribution in [0.5, 0.6) is 0 Å². The number of hydrogen-bond donors (Lipinski definition) is 0. The van der Waals surface area contributed by atoms with Crippen molar-refractivity contribution in [3.05, 3.63) is 277 Å². The molecule has 362 valence electrons. The van der Waals surface area contributed by atoms with Gasteiger partial charge < -0.3 is 0 Å². The van der Waals surface area contributed by atoms with E-state index in [1.165, 1.54) is 22.3 Å². The van der Waals surface area contributed by atoms with Crippen molar-refractivity contribution in [3.63, 3.8) is 0 Å². The van der Waals surface area contributed by atoms with Crippen molar-refractivity contribution in [1.29, 1.82) is 0 Å². The maximum atomic E-state index is 5.44. The predicted octanol–water partition coefficient (Wildman–Crippen LogP) is 16.8. The van der Waals surface area contributed by atoms with E-state index in [-0.39, 0.29) is 5.41 Å². The molecule has 2 aliphatic rings. The van der Waals surface area contributed by atoms with Crippen LogP contribution < -0.4 is 0 Å². The summed E-state index contributed by atoms with van der Waals surface area (Å²) in [5.74, 6) is 1.68. The molecule has 77 heavy (non-hydrogen) atoms. The Morgan fingerprint density at radius 1 is 0.325 bits per heavy atom. The number of fused-ring (bicyclic) bond motifs is 4. The van der Waals surface area contributed by atoms with E-state index in [1.807, 2.05) is 54.7 Å². The number of nitrogens with zero attached hydrogens (tertiary/aromatic N) is 7. The number of aliphatic imine (C=N–C) groups is 1. The van der Waals surface area contributed by atoms with E-state index in [0.29, 0.717) is 17.5 Å². The van der Waals surface area contributed by atoms with Crippen LogP contribution in [-0.4, -0.2) is 35.6 Å². The van der Waals surface area contributed by atoms with Gasteiger partial charge in [0.25, 0.3) is 0 Å². The Labute approximate surface area is 446 Å². The number of para-hydroxylation sites is 3. The van der Waals surface area contributed by atoms with E-state index in [4.69, 9.17) is 34.9 Å². The summed E-state index contributed by atoms with van der Waals surface area (Å²) in [7, 11) is 0. The summed E-state index contributed by atoms with van der Waals surface area (Å²) in [6, 6.07) is 86.0. The fourth-order valence-corrected chi connectivity index (χ4v) is 10.7. The number of allylic oxidation sites excluding steroid dienone is 2. The minimum Gasteiger partial charge on any atom is -0.256 e. The number of rotatable bonds is 10. The van der Waals surface area contributed by atoms with Crippen molar-refractivity contribution in [1.82, 2.24) is 29.9 Å². The third kappa shape index (κ3) is 8.60. The molecule has 0 N–H and O–H groups in total. The molecular weight excluding hydrogens is 939 g/mol. The first kappa shape index (κ1) is 45.5. The zero-order valence-electron chi connectivity index (χ0n) is 42.1. The lowest BCUT2D eigenvalue weighted by Gasteiger charge is -2.14. The van der Waals surface area contributed by atoms with Gasteiger partial charge in [-0.3, -0.25) is 4.98 Å². The smallest absolute Gasteiger partial charge is 0.164 e. The van der Waals surface area contributed by atoms with E-state index < -0.39 is 0 Å². The largest absolute Gasteiger partial charge is 0.256 e. The molecule has 0 amide bonds. The molecule has 14 rings (SSSR count). The lowest BCUT2D eigenvalue weighted by atomic mass is 9.91. The summed E-state index contributed by atoms with van der Waals surface area (Å²) in [6.07, 6.45) is 2.93. The molecule has 1 aliphatic carbocycles. The van der Waals surface area contributed by atoms with Crippen molar-refractivity contribution < 1.29 is 0 Å². The topological polar surface area (TPSA) is 89.7 Å². The molecule has 12 aromatic rings. The summed E-state index contributed by atoms with van der Waals surface area (Å²) >= 11 is 0. The van der Waals surface area contributed by atoms with Crippen LogP contribution in [0.3, 0.4) is 0 Å². The molecule has 1 saturated carbocycles. The molecule has 9 aromatic carbocycles. The van der Waals surface area contributed by atoms with E-state index in [9.17, 15) is 0 Å². The molecular formula is C70H47N7. The Bertz CT molecular complexity index is 4230. The van der Waals surface area contributed by atoms with Crippen molar-refractivity contribution in [2.75, 3.05) is 0 Å². The van der Waals surface area contributed by atoms with Crippen LogP contribution in [0, 0.1) is 0 Å². The Morgan fingerprint density at radius 2 is 0.727 bits per heavy atom. The molecule has 7 nitrogen and oxygen atoms in total. The monoisotopic (exact) mass is 985 g/mol. The van der Waals surface area contributed by atoms with Crippen LogP contribution in [0.25, 0.3) is 107 Å². The fourth-order valence-electron chi connectivity index (χ4n) is 10.7. The van der Waals surface area contributed by atoms with Crippen molar-refractivity contribution >= 4 is 28.0 Å². The average molecular weight is 986 g/mol. The zero-order valence-corrected chi connectivity index (χ0v) is 42.1. The van der Waals surface area contributed by atoms with Gasteiger partial charge in [-0.2, -0.15) is 0 Å². The van der Waals surface area contributed by atoms with Gasteiger partial charge in [0, 0.05) is 61.7 Å². The van der Waals surface area contributed by atoms with Gasteiger partial charge in [-0.05, 0) is 64.1 Å². The second kappa shape index (κ2) is 19.0. The van der Waals surface area contributed by atoms with Gasteiger partial charge in [0.1, 0.15) is 0 Å². The molecule has 0 saturated heterocycles. The van der Waals surface area contributed by atoms with Crippen LogP contribution in [0.4, 0.5) is 5.69 Å². The highest BCUT2D eigenvalue weighted by Crippen LogP contribution is 2.60. The Hall–Kier alpha value is -10.1. The normalized spacial score (nSPS) is 14.6. The van der Waals surface area contributed by atoms with Crippen molar-refractivity contribution in [2.24, 2.45) is 4.99 Å². The van der Waals surface area contributed by atoms with Gasteiger partial charge in [-0.1, -0.05) is 231 Å². The predicted molar refractivity (Wildman–Crippen MR) is 312 cm³/mol. The number of benzene rings is 9. The van der Waals surface area contributed by atoms with Gasteiger partial charge in [0.05, 0.1) is 39.5 Å². The van der Waals surface area contributed by atoms with E-state index in [1.54, 1.807) is 0 Å². The van der Waals surface area contributed by atoms with E-state index in [2.05, 4.69) is 207 Å². The van der Waals surface area contributed by atoms with E-state index in [0.717, 1.165) is 107 Å². The van der Waals surface area contributed by atoms with Crippen LogP contribution in [0.2, 0.25) is 0 Å². The van der Waals surface area contributed by atoms with Crippen LogP contribution in [0.15, 0.2) is 265 Å². The Morgan fingerprint density at radius 3 is 1.25 bits per heavy atom. The molecule has 0 bridgehead atoms.